The topological polar surface area (TPSA) is 65.4 Å². The molecule has 0 fully saturated rings. The number of aliphatic hydroxyl groups excluding tert-OH is 1. The van der Waals surface area contributed by atoms with Gasteiger partial charge in [0.25, 0.3) is 0 Å². The van der Waals surface area contributed by atoms with Crippen molar-refractivity contribution in [1.82, 2.24) is 4.98 Å². The number of terminal acetylenes is 1. The van der Waals surface area contributed by atoms with Crippen molar-refractivity contribution in [3.8, 4) is 12.3 Å². The van der Waals surface area contributed by atoms with Crippen LogP contribution in [-0.4, -0.2) is 39.8 Å². The van der Waals surface area contributed by atoms with Crippen LogP contribution in [0.3, 0.4) is 0 Å². The number of pyridine rings is 1. The van der Waals surface area contributed by atoms with Crippen molar-refractivity contribution < 1.29 is 9.66 Å². The maximum atomic E-state index is 10.3. The minimum atomic E-state index is -1.90. The highest BCUT2D eigenvalue weighted by molar-refractivity contribution is 8.27. The van der Waals surface area contributed by atoms with E-state index < -0.39 is 10.3 Å². The number of hydrogen-bond acceptors (Lipinski definition) is 4. The van der Waals surface area contributed by atoms with Crippen molar-refractivity contribution in [2.24, 2.45) is 5.92 Å². The van der Waals surface area contributed by atoms with Gasteiger partial charge in [-0.1, -0.05) is 19.3 Å². The minimum Gasteiger partial charge on any atom is -0.396 e. The third-order valence-corrected chi connectivity index (χ3v) is 4.99. The van der Waals surface area contributed by atoms with Crippen LogP contribution in [0, 0.1) is 25.2 Å². The fraction of sp³-hybridized carbons (Fsp3) is 0.588. The van der Waals surface area contributed by atoms with Crippen LogP contribution < -0.4 is 5.32 Å². The molecule has 1 heterocycles. The van der Waals surface area contributed by atoms with E-state index in [1.807, 2.05) is 13.0 Å². The highest BCUT2D eigenvalue weighted by Crippen LogP contribution is 2.44. The van der Waals surface area contributed by atoms with Gasteiger partial charge in [-0.05, 0) is 50.3 Å². The molecule has 4 nitrogen and oxygen atoms in total. The fourth-order valence-corrected chi connectivity index (χ4v) is 3.13. The van der Waals surface area contributed by atoms with Crippen LogP contribution >= 0.6 is 10.3 Å². The summed E-state index contributed by atoms with van der Waals surface area (Å²) in [5.74, 6) is 3.59. The summed E-state index contributed by atoms with van der Waals surface area (Å²) in [7, 11) is -1.90. The van der Waals surface area contributed by atoms with Crippen LogP contribution in [-0.2, 0) is 0 Å². The second kappa shape index (κ2) is 7.87. The summed E-state index contributed by atoms with van der Waals surface area (Å²) in [6.07, 6.45) is 11.0. The summed E-state index contributed by atoms with van der Waals surface area (Å²) in [5, 5.41) is 13.4. The lowest BCUT2D eigenvalue weighted by atomic mass is 9.99. The molecule has 22 heavy (non-hydrogen) atoms. The summed E-state index contributed by atoms with van der Waals surface area (Å²) < 4.78 is 10.3. The maximum Gasteiger partial charge on any atom is 0.143 e. The largest absolute Gasteiger partial charge is 0.396 e. The lowest BCUT2D eigenvalue weighted by Crippen LogP contribution is -2.22. The van der Waals surface area contributed by atoms with Crippen LogP contribution in [0.15, 0.2) is 11.1 Å². The second-order valence-electron chi connectivity index (χ2n) is 6.16. The quantitative estimate of drug-likeness (QED) is 0.672. The molecule has 0 spiro atoms. The summed E-state index contributed by atoms with van der Waals surface area (Å²) in [4.78, 5) is 4.55. The fourth-order valence-electron chi connectivity index (χ4n) is 2.35. The first-order valence-corrected chi connectivity index (χ1v) is 9.95. The molecule has 2 unspecified atom stereocenters. The van der Waals surface area contributed by atoms with E-state index in [0.29, 0.717) is 10.8 Å². The maximum absolute atomic E-state index is 10.3. The van der Waals surface area contributed by atoms with E-state index >= 15 is 0 Å². The molecule has 0 amide bonds. The molecule has 0 aromatic carbocycles. The van der Waals surface area contributed by atoms with E-state index in [2.05, 4.69) is 30.1 Å². The number of rotatable bonds is 7. The van der Waals surface area contributed by atoms with Gasteiger partial charge < -0.3 is 15.0 Å². The average molecular weight is 324 g/mol. The molecule has 0 aliphatic heterocycles. The van der Waals surface area contributed by atoms with Gasteiger partial charge in [0.05, 0.1) is 5.56 Å². The predicted molar refractivity (Wildman–Crippen MR) is 95.8 cm³/mol. The van der Waals surface area contributed by atoms with Gasteiger partial charge in [-0.15, -0.1) is 16.7 Å². The number of aromatic nitrogens is 1. The zero-order chi connectivity index (χ0) is 16.9. The highest BCUT2D eigenvalue weighted by atomic mass is 32.3. The van der Waals surface area contributed by atoms with Gasteiger partial charge in [0.2, 0.25) is 0 Å². The Labute approximate surface area is 135 Å². The first-order valence-electron chi connectivity index (χ1n) is 7.54. The lowest BCUT2D eigenvalue weighted by Gasteiger charge is -2.26. The summed E-state index contributed by atoms with van der Waals surface area (Å²) in [5.41, 5.74) is 1.67. The number of nitrogens with zero attached hydrogens (tertiary/aromatic N) is 1. The highest BCUT2D eigenvalue weighted by Gasteiger charge is 2.18. The predicted octanol–water partition coefficient (Wildman–Crippen LogP) is 3.48. The van der Waals surface area contributed by atoms with Gasteiger partial charge in [0.1, 0.15) is 10.8 Å². The van der Waals surface area contributed by atoms with Crippen LogP contribution in [0.5, 0.6) is 0 Å². The third-order valence-electron chi connectivity index (χ3n) is 3.75. The van der Waals surface area contributed by atoms with Crippen LogP contribution in [0.4, 0.5) is 5.82 Å². The molecule has 1 aromatic heterocycles. The van der Waals surface area contributed by atoms with Gasteiger partial charge in [-0.25, -0.2) is 4.98 Å². The van der Waals surface area contributed by atoms with E-state index in [-0.39, 0.29) is 18.6 Å². The average Bonchev–Trinajstić information content (AvgIpc) is 2.43. The van der Waals surface area contributed by atoms with Crippen molar-refractivity contribution in [1.29, 1.82) is 0 Å². The molecule has 0 saturated heterocycles. The monoisotopic (exact) mass is 324 g/mol. The molecule has 124 valence electrons. The molecule has 0 aliphatic carbocycles. The Morgan fingerprint density at radius 1 is 1.45 bits per heavy atom. The third kappa shape index (κ3) is 4.91. The Bertz CT molecular complexity index is 543. The van der Waals surface area contributed by atoms with Crippen molar-refractivity contribution in [3.63, 3.8) is 0 Å². The molecule has 3 N–H and O–H groups in total. The number of hydrogen-bond donors (Lipinski definition) is 3. The molecule has 1 rings (SSSR count). The first kappa shape index (κ1) is 18.8. The van der Waals surface area contributed by atoms with E-state index in [1.165, 1.54) is 0 Å². The van der Waals surface area contributed by atoms with Gasteiger partial charge in [0.15, 0.2) is 0 Å². The zero-order valence-corrected chi connectivity index (χ0v) is 15.0. The molecule has 0 radical (unpaired) electrons. The molecule has 2 atom stereocenters. The normalized spacial score (nSPS) is 15.0. The van der Waals surface area contributed by atoms with Gasteiger partial charge >= 0.3 is 0 Å². The number of anilines is 1. The Morgan fingerprint density at radius 2 is 2.09 bits per heavy atom. The summed E-state index contributed by atoms with van der Waals surface area (Å²) in [6, 6.07) is 2.01. The molecular weight excluding hydrogens is 296 g/mol. The lowest BCUT2D eigenvalue weighted by molar-refractivity contribution is 0.211. The molecular formula is C17H28N2O2S. The molecule has 0 bridgehead atoms. The second-order valence-corrected chi connectivity index (χ2v) is 9.12. The SMILES string of the molecule is C#Cc1c(C)cc(S(C)(C)O)nc1NC(C)CC(CC)CO. The Hall–Kier alpha value is -1.22. The number of aliphatic hydroxyl groups is 1. The van der Waals surface area contributed by atoms with Gasteiger partial charge in [0, 0.05) is 12.6 Å². The molecule has 0 saturated carbocycles. The Kier molecular flexibility index (Phi) is 6.73. The van der Waals surface area contributed by atoms with Crippen molar-refractivity contribution in [2.75, 3.05) is 24.4 Å². The van der Waals surface area contributed by atoms with Crippen molar-refractivity contribution >= 4 is 16.1 Å². The van der Waals surface area contributed by atoms with Gasteiger partial charge in [-0.2, -0.15) is 0 Å². The molecule has 0 aliphatic rings. The number of aryl methyl sites for hydroxylation is 1. The van der Waals surface area contributed by atoms with E-state index in [0.717, 1.165) is 24.0 Å². The van der Waals surface area contributed by atoms with Crippen LogP contribution in [0.2, 0.25) is 0 Å². The van der Waals surface area contributed by atoms with Crippen molar-refractivity contribution in [2.45, 2.75) is 44.7 Å². The first-order chi connectivity index (χ1) is 10.2. The summed E-state index contributed by atoms with van der Waals surface area (Å²) in [6.45, 7) is 6.25. The van der Waals surface area contributed by atoms with Gasteiger partial charge in [-0.3, -0.25) is 0 Å². The Balaban J connectivity index is 3.07. The zero-order valence-electron chi connectivity index (χ0n) is 14.2. The smallest absolute Gasteiger partial charge is 0.143 e. The molecule has 1 aromatic rings. The van der Waals surface area contributed by atoms with E-state index in [1.54, 1.807) is 12.5 Å². The minimum absolute atomic E-state index is 0.142. The van der Waals surface area contributed by atoms with Crippen LogP contribution in [0.1, 0.15) is 37.8 Å². The standard InChI is InChI=1S/C17H28N2O2S/c1-7-14(11-20)10-13(4)18-17-15(8-2)12(3)9-16(19-17)22(5,6)21/h2,9,13-14,20-21H,7,10-11H2,1,3-6H3,(H,18,19). The Morgan fingerprint density at radius 3 is 2.55 bits per heavy atom. The van der Waals surface area contributed by atoms with Crippen molar-refractivity contribution in [3.05, 3.63) is 17.2 Å². The van der Waals surface area contributed by atoms with E-state index in [4.69, 9.17) is 6.42 Å². The van der Waals surface area contributed by atoms with E-state index in [9.17, 15) is 9.66 Å². The molecule has 5 heteroatoms. The van der Waals surface area contributed by atoms with Crippen LogP contribution in [0.25, 0.3) is 0 Å². The number of nitrogens with one attached hydrogen (secondary N) is 1. The summed E-state index contributed by atoms with van der Waals surface area (Å²) >= 11 is 0.